The van der Waals surface area contributed by atoms with E-state index in [1.165, 1.54) is 31.3 Å². The van der Waals surface area contributed by atoms with Crippen molar-refractivity contribution in [2.75, 3.05) is 28.1 Å². The zero-order chi connectivity index (χ0) is 19.6. The number of rotatable bonds is 6. The van der Waals surface area contributed by atoms with E-state index >= 15 is 0 Å². The molecule has 0 radical (unpaired) electrons. The summed E-state index contributed by atoms with van der Waals surface area (Å²) >= 11 is 0. The highest BCUT2D eigenvalue weighted by Crippen LogP contribution is 2.36. The lowest BCUT2D eigenvalue weighted by molar-refractivity contribution is -0.385. The van der Waals surface area contributed by atoms with Crippen molar-refractivity contribution < 1.29 is 28.7 Å². The highest BCUT2D eigenvalue weighted by Gasteiger charge is 2.27. The molecular formula is C18H18N2O7. The monoisotopic (exact) mass is 374 g/mol. The minimum absolute atomic E-state index is 0.0825. The van der Waals surface area contributed by atoms with Crippen LogP contribution in [0.15, 0.2) is 30.3 Å². The maximum atomic E-state index is 12.8. The third kappa shape index (κ3) is 3.57. The Morgan fingerprint density at radius 2 is 1.81 bits per heavy atom. The summed E-state index contributed by atoms with van der Waals surface area (Å²) < 4.78 is 20.8. The zero-order valence-electron chi connectivity index (χ0n) is 15.1. The van der Waals surface area contributed by atoms with Crippen LogP contribution in [0, 0.1) is 10.1 Å². The van der Waals surface area contributed by atoms with Crippen LogP contribution in [0.5, 0.6) is 23.0 Å². The third-order valence-electron chi connectivity index (χ3n) is 4.13. The molecule has 1 amide bonds. The lowest BCUT2D eigenvalue weighted by Crippen LogP contribution is -2.27. The lowest BCUT2D eigenvalue weighted by atomic mass is 10.1. The molecular weight excluding hydrogens is 356 g/mol. The standard InChI is InChI=1S/C18H18N2O7/c1-19(9-11-4-5-14-17(6-11)27-10-26-14)18(21)12-7-15(24-2)16(25-3)8-13(12)20(22)23/h4-8H,9-10H2,1-3H3. The molecule has 9 nitrogen and oxygen atoms in total. The minimum Gasteiger partial charge on any atom is -0.493 e. The summed E-state index contributed by atoms with van der Waals surface area (Å²) in [7, 11) is 4.33. The summed E-state index contributed by atoms with van der Waals surface area (Å²) in [5, 5.41) is 11.4. The smallest absolute Gasteiger partial charge is 0.286 e. The van der Waals surface area contributed by atoms with Crippen LogP contribution in [0.4, 0.5) is 5.69 Å². The number of nitro groups is 1. The number of benzene rings is 2. The van der Waals surface area contributed by atoms with Crippen LogP contribution in [0.1, 0.15) is 15.9 Å². The zero-order valence-corrected chi connectivity index (χ0v) is 15.1. The highest BCUT2D eigenvalue weighted by molar-refractivity contribution is 5.99. The van der Waals surface area contributed by atoms with Gasteiger partial charge in [-0.15, -0.1) is 0 Å². The second-order valence-electron chi connectivity index (χ2n) is 5.83. The predicted molar refractivity (Wildman–Crippen MR) is 94.6 cm³/mol. The Kier molecular flexibility index (Phi) is 5.02. The molecule has 1 aliphatic rings. The number of hydrogen-bond acceptors (Lipinski definition) is 7. The number of carbonyl (C=O) groups is 1. The molecule has 0 atom stereocenters. The Morgan fingerprint density at radius 3 is 2.48 bits per heavy atom. The first-order valence-electron chi connectivity index (χ1n) is 7.99. The number of nitro benzene ring substituents is 1. The fourth-order valence-corrected chi connectivity index (χ4v) is 2.78. The quantitative estimate of drug-likeness (QED) is 0.566. The molecule has 1 heterocycles. The van der Waals surface area contributed by atoms with E-state index in [0.717, 1.165) is 5.56 Å². The third-order valence-corrected chi connectivity index (χ3v) is 4.13. The van der Waals surface area contributed by atoms with Gasteiger partial charge in [0.05, 0.1) is 25.2 Å². The van der Waals surface area contributed by atoms with Gasteiger partial charge in [-0.1, -0.05) is 6.07 Å². The second-order valence-corrected chi connectivity index (χ2v) is 5.83. The van der Waals surface area contributed by atoms with E-state index in [0.29, 0.717) is 11.5 Å². The fourth-order valence-electron chi connectivity index (χ4n) is 2.78. The first-order chi connectivity index (χ1) is 12.9. The van der Waals surface area contributed by atoms with Gasteiger partial charge in [0.1, 0.15) is 5.56 Å². The number of hydrogen-bond donors (Lipinski definition) is 0. The first-order valence-corrected chi connectivity index (χ1v) is 7.99. The molecule has 27 heavy (non-hydrogen) atoms. The van der Waals surface area contributed by atoms with Crippen molar-refractivity contribution in [3.8, 4) is 23.0 Å². The van der Waals surface area contributed by atoms with Crippen LogP contribution in [0.3, 0.4) is 0 Å². The molecule has 0 N–H and O–H groups in total. The molecule has 0 spiro atoms. The average Bonchev–Trinajstić information content (AvgIpc) is 3.13. The summed E-state index contributed by atoms with van der Waals surface area (Å²) in [6.45, 7) is 0.395. The molecule has 3 rings (SSSR count). The highest BCUT2D eigenvalue weighted by atomic mass is 16.7. The number of methoxy groups -OCH3 is 2. The molecule has 0 saturated heterocycles. The van der Waals surface area contributed by atoms with E-state index in [1.54, 1.807) is 25.2 Å². The molecule has 142 valence electrons. The van der Waals surface area contributed by atoms with Gasteiger partial charge >= 0.3 is 0 Å². The molecule has 0 bridgehead atoms. The molecule has 2 aromatic carbocycles. The normalized spacial score (nSPS) is 11.8. The maximum absolute atomic E-state index is 12.8. The number of fused-ring (bicyclic) bond motifs is 1. The van der Waals surface area contributed by atoms with Crippen LogP contribution < -0.4 is 18.9 Å². The number of amides is 1. The van der Waals surface area contributed by atoms with Gasteiger partial charge in [-0.3, -0.25) is 14.9 Å². The van der Waals surface area contributed by atoms with Crippen molar-refractivity contribution in [2.24, 2.45) is 0 Å². The van der Waals surface area contributed by atoms with Crippen molar-refractivity contribution in [3.05, 3.63) is 51.6 Å². The van der Waals surface area contributed by atoms with E-state index in [-0.39, 0.29) is 36.1 Å². The van der Waals surface area contributed by atoms with Crippen LogP contribution >= 0.6 is 0 Å². The summed E-state index contributed by atoms with van der Waals surface area (Å²) in [4.78, 5) is 25.0. The Labute approximate surface area is 155 Å². The van der Waals surface area contributed by atoms with Gasteiger partial charge in [-0.25, -0.2) is 0 Å². The molecule has 9 heteroatoms. The van der Waals surface area contributed by atoms with Crippen LogP contribution in [-0.2, 0) is 6.54 Å². The number of nitrogens with zero attached hydrogens (tertiary/aromatic N) is 2. The SMILES string of the molecule is COc1cc(C(=O)N(C)Cc2ccc3c(c2)OCO3)c([N+](=O)[O-])cc1OC. The van der Waals surface area contributed by atoms with E-state index in [4.69, 9.17) is 18.9 Å². The molecule has 0 aromatic heterocycles. The van der Waals surface area contributed by atoms with Gasteiger partial charge < -0.3 is 23.8 Å². The van der Waals surface area contributed by atoms with Gasteiger partial charge in [0.15, 0.2) is 23.0 Å². The van der Waals surface area contributed by atoms with Crippen LogP contribution in [-0.4, -0.2) is 43.8 Å². The van der Waals surface area contributed by atoms with Gasteiger partial charge in [0.2, 0.25) is 6.79 Å². The maximum Gasteiger partial charge on any atom is 0.286 e. The van der Waals surface area contributed by atoms with Gasteiger partial charge in [0, 0.05) is 19.7 Å². The second kappa shape index (κ2) is 7.40. The van der Waals surface area contributed by atoms with E-state index in [2.05, 4.69) is 0 Å². The van der Waals surface area contributed by atoms with Crippen molar-refractivity contribution in [1.82, 2.24) is 4.90 Å². The van der Waals surface area contributed by atoms with Gasteiger partial charge in [-0.05, 0) is 17.7 Å². The Morgan fingerprint density at radius 1 is 1.15 bits per heavy atom. The predicted octanol–water partition coefficient (Wildman–Crippen LogP) is 2.61. The molecule has 0 fully saturated rings. The van der Waals surface area contributed by atoms with E-state index in [9.17, 15) is 14.9 Å². The molecule has 0 aliphatic carbocycles. The van der Waals surface area contributed by atoms with E-state index in [1.807, 2.05) is 0 Å². The average molecular weight is 374 g/mol. The van der Waals surface area contributed by atoms with Crippen LogP contribution in [0.25, 0.3) is 0 Å². The van der Waals surface area contributed by atoms with Crippen LogP contribution in [0.2, 0.25) is 0 Å². The Bertz CT molecular complexity index is 898. The van der Waals surface area contributed by atoms with Crippen molar-refractivity contribution in [1.29, 1.82) is 0 Å². The Balaban J connectivity index is 1.88. The van der Waals surface area contributed by atoms with Crippen molar-refractivity contribution in [3.63, 3.8) is 0 Å². The minimum atomic E-state index is -0.621. The summed E-state index contributed by atoms with van der Waals surface area (Å²) in [5.74, 6) is 1.15. The van der Waals surface area contributed by atoms with Gasteiger partial charge in [-0.2, -0.15) is 0 Å². The molecule has 0 unspecified atom stereocenters. The van der Waals surface area contributed by atoms with Crippen molar-refractivity contribution >= 4 is 11.6 Å². The van der Waals surface area contributed by atoms with Crippen molar-refractivity contribution in [2.45, 2.75) is 6.54 Å². The number of carbonyl (C=O) groups excluding carboxylic acids is 1. The largest absolute Gasteiger partial charge is 0.493 e. The van der Waals surface area contributed by atoms with E-state index < -0.39 is 10.8 Å². The molecule has 1 aliphatic heterocycles. The number of ether oxygens (including phenoxy) is 4. The molecule has 0 saturated carbocycles. The lowest BCUT2D eigenvalue weighted by Gasteiger charge is -2.18. The van der Waals surface area contributed by atoms with Gasteiger partial charge in [0.25, 0.3) is 11.6 Å². The summed E-state index contributed by atoms with van der Waals surface area (Å²) in [6.07, 6.45) is 0. The Hall–Kier alpha value is -3.49. The molecule has 2 aromatic rings. The fraction of sp³-hybridized carbons (Fsp3) is 0.278. The topological polar surface area (TPSA) is 100 Å². The first kappa shape index (κ1) is 18.3. The summed E-state index contributed by atoms with van der Waals surface area (Å²) in [5.41, 5.74) is 0.370. The summed E-state index contributed by atoms with van der Waals surface area (Å²) in [6, 6.07) is 7.83.